The molecule has 2 heterocycles. The van der Waals surface area contributed by atoms with Crippen molar-refractivity contribution in [3.8, 4) is 0 Å². The molecule has 0 atom stereocenters. The fraction of sp³-hybridized carbons (Fsp3) is 0.438. The number of halogens is 1. The zero-order chi connectivity index (χ0) is 17.9. The van der Waals surface area contributed by atoms with Crippen molar-refractivity contribution in [2.45, 2.75) is 13.0 Å². The van der Waals surface area contributed by atoms with Crippen LogP contribution in [0.15, 0.2) is 24.4 Å². The molecule has 1 aromatic heterocycles. The molecule has 1 aliphatic heterocycles. The number of aryl methyl sites for hydroxylation is 1. The van der Waals surface area contributed by atoms with Crippen molar-refractivity contribution < 1.29 is 22.3 Å². The fourth-order valence-corrected chi connectivity index (χ4v) is 4.44. The Bertz CT molecular complexity index is 874. The van der Waals surface area contributed by atoms with E-state index in [1.165, 1.54) is 0 Å². The molecule has 1 fully saturated rings. The monoisotopic (exact) mass is 402 g/mol. The van der Waals surface area contributed by atoms with Gasteiger partial charge in [-0.05, 0) is 12.1 Å². The number of thiazole rings is 1. The normalized spacial score (nSPS) is 16.2. The van der Waals surface area contributed by atoms with Crippen LogP contribution in [0.4, 0.5) is 0 Å². The number of hydrogen-bond acceptors (Lipinski definition) is 6. The Morgan fingerprint density at radius 3 is 2.84 bits per heavy atom. The summed E-state index contributed by atoms with van der Waals surface area (Å²) in [6, 6.07) is 5.66. The first-order chi connectivity index (χ1) is 11.9. The van der Waals surface area contributed by atoms with E-state index in [1.54, 1.807) is 11.3 Å². The number of rotatable bonds is 6. The third kappa shape index (κ3) is 5.15. The number of hydrogen-bond donors (Lipinski definition) is 0. The minimum absolute atomic E-state index is 0.271. The Hall–Kier alpha value is -1.19. The Labute approximate surface area is 156 Å². The SMILES string of the molecule is O=S(=O)([O-])CCC[n+]1c(/C=C/N2CCOCC2)sc2ccc(Cl)cc21. The van der Waals surface area contributed by atoms with Gasteiger partial charge in [0.2, 0.25) is 5.52 Å². The van der Waals surface area contributed by atoms with Crippen LogP contribution in [0, 0.1) is 0 Å². The second-order valence-electron chi connectivity index (χ2n) is 5.78. The highest BCUT2D eigenvalue weighted by Gasteiger charge is 2.19. The highest BCUT2D eigenvalue weighted by molar-refractivity contribution is 7.85. The van der Waals surface area contributed by atoms with Gasteiger partial charge in [0.15, 0.2) is 6.54 Å². The van der Waals surface area contributed by atoms with Crippen molar-refractivity contribution in [1.29, 1.82) is 0 Å². The average molecular weight is 403 g/mol. The van der Waals surface area contributed by atoms with Gasteiger partial charge in [-0.2, -0.15) is 4.57 Å². The first-order valence-electron chi connectivity index (χ1n) is 7.98. The first kappa shape index (κ1) is 18.6. The van der Waals surface area contributed by atoms with Gasteiger partial charge in [-0.25, -0.2) is 8.42 Å². The van der Waals surface area contributed by atoms with E-state index in [9.17, 15) is 13.0 Å². The summed E-state index contributed by atoms with van der Waals surface area (Å²) < 4.78 is 41.1. The zero-order valence-electron chi connectivity index (χ0n) is 13.6. The van der Waals surface area contributed by atoms with Crippen molar-refractivity contribution in [2.24, 2.45) is 0 Å². The highest BCUT2D eigenvalue weighted by atomic mass is 35.5. The Morgan fingerprint density at radius 2 is 2.12 bits per heavy atom. The van der Waals surface area contributed by atoms with E-state index in [2.05, 4.69) is 4.90 Å². The summed E-state index contributed by atoms with van der Waals surface area (Å²) in [5.41, 5.74) is 0.947. The lowest BCUT2D eigenvalue weighted by atomic mass is 10.3. The van der Waals surface area contributed by atoms with Gasteiger partial charge in [0.05, 0.1) is 23.3 Å². The molecule has 0 unspecified atom stereocenters. The third-order valence-corrected chi connectivity index (χ3v) is 6.10. The molecule has 0 aliphatic carbocycles. The molecule has 1 aromatic carbocycles. The van der Waals surface area contributed by atoms with Gasteiger partial charge in [-0.15, -0.1) is 0 Å². The van der Waals surface area contributed by atoms with Crippen LogP contribution in [0.5, 0.6) is 0 Å². The molecular formula is C16H19ClN2O4S2. The molecule has 2 aromatic rings. The van der Waals surface area contributed by atoms with E-state index in [4.69, 9.17) is 16.3 Å². The van der Waals surface area contributed by atoms with Gasteiger partial charge in [0.1, 0.15) is 4.70 Å². The first-order valence-corrected chi connectivity index (χ1v) is 10.7. The number of fused-ring (bicyclic) bond motifs is 1. The Kier molecular flexibility index (Phi) is 5.96. The summed E-state index contributed by atoms with van der Waals surface area (Å²) in [7, 11) is -4.21. The second kappa shape index (κ2) is 8.01. The topological polar surface area (TPSA) is 73.6 Å². The summed E-state index contributed by atoms with van der Waals surface area (Å²) in [6.07, 6.45) is 4.33. The Morgan fingerprint density at radius 1 is 1.36 bits per heavy atom. The molecule has 0 radical (unpaired) electrons. The van der Waals surface area contributed by atoms with E-state index in [1.807, 2.05) is 35.0 Å². The minimum atomic E-state index is -4.21. The van der Waals surface area contributed by atoms with Crippen LogP contribution in [0.2, 0.25) is 5.02 Å². The van der Waals surface area contributed by atoms with Crippen LogP contribution >= 0.6 is 22.9 Å². The highest BCUT2D eigenvalue weighted by Crippen LogP contribution is 2.25. The van der Waals surface area contributed by atoms with Crippen molar-refractivity contribution in [2.75, 3.05) is 32.1 Å². The van der Waals surface area contributed by atoms with Gasteiger partial charge in [-0.1, -0.05) is 22.9 Å². The lowest BCUT2D eigenvalue weighted by Gasteiger charge is -2.24. The van der Waals surface area contributed by atoms with Crippen molar-refractivity contribution in [3.63, 3.8) is 0 Å². The molecule has 136 valence electrons. The summed E-state index contributed by atoms with van der Waals surface area (Å²) >= 11 is 7.72. The molecule has 0 amide bonds. The number of nitrogens with zero attached hydrogens (tertiary/aromatic N) is 2. The van der Waals surface area contributed by atoms with E-state index in [0.717, 1.165) is 28.3 Å². The van der Waals surface area contributed by atoms with Crippen molar-refractivity contribution in [1.82, 2.24) is 4.90 Å². The molecule has 1 saturated heterocycles. The molecule has 6 nitrogen and oxygen atoms in total. The summed E-state index contributed by atoms with van der Waals surface area (Å²) in [5, 5.41) is 1.62. The van der Waals surface area contributed by atoms with Gasteiger partial charge >= 0.3 is 0 Å². The standard InChI is InChI=1S/C16H19ClN2O4S2/c17-13-2-3-15-14(12-13)19(5-1-11-25(20,21)22)16(24-15)4-6-18-7-9-23-10-8-18/h2-4,6,12H,1,5,7-11H2. The number of benzene rings is 1. The molecule has 0 N–H and O–H groups in total. The maximum atomic E-state index is 10.9. The van der Waals surface area contributed by atoms with Crippen LogP contribution in [0.1, 0.15) is 11.4 Å². The smallest absolute Gasteiger partial charge is 0.264 e. The number of ether oxygens (including phenoxy) is 1. The van der Waals surface area contributed by atoms with Crippen LogP contribution in [-0.2, 0) is 21.4 Å². The van der Waals surface area contributed by atoms with Crippen LogP contribution in [0.3, 0.4) is 0 Å². The van der Waals surface area contributed by atoms with E-state index >= 15 is 0 Å². The third-order valence-electron chi connectivity index (χ3n) is 3.94. The van der Waals surface area contributed by atoms with Crippen molar-refractivity contribution >= 4 is 49.3 Å². The fourth-order valence-electron chi connectivity index (χ4n) is 2.72. The lowest BCUT2D eigenvalue weighted by molar-refractivity contribution is -0.668. The maximum Gasteiger partial charge on any atom is 0.264 e. The Balaban J connectivity index is 1.87. The van der Waals surface area contributed by atoms with E-state index < -0.39 is 10.1 Å². The zero-order valence-corrected chi connectivity index (χ0v) is 15.9. The summed E-state index contributed by atoms with van der Waals surface area (Å²) in [5.74, 6) is -0.371. The van der Waals surface area contributed by atoms with Gasteiger partial charge in [0.25, 0.3) is 5.01 Å². The van der Waals surface area contributed by atoms with Crippen LogP contribution < -0.4 is 4.57 Å². The molecule has 0 spiro atoms. The molecule has 9 heteroatoms. The summed E-state index contributed by atoms with van der Waals surface area (Å²) in [4.78, 5) is 2.19. The van der Waals surface area contributed by atoms with Crippen LogP contribution in [-0.4, -0.2) is 49.9 Å². The van der Waals surface area contributed by atoms with Crippen LogP contribution in [0.25, 0.3) is 16.3 Å². The lowest BCUT2D eigenvalue weighted by Crippen LogP contribution is -2.36. The molecule has 25 heavy (non-hydrogen) atoms. The average Bonchev–Trinajstić information content (AvgIpc) is 2.90. The molecule has 1 aliphatic rings. The number of morpholine rings is 1. The minimum Gasteiger partial charge on any atom is -0.748 e. The molecule has 0 bridgehead atoms. The van der Waals surface area contributed by atoms with E-state index in [0.29, 0.717) is 24.8 Å². The predicted molar refractivity (Wildman–Crippen MR) is 97.6 cm³/mol. The molecule has 0 saturated carbocycles. The molecule has 3 rings (SSSR count). The summed E-state index contributed by atoms with van der Waals surface area (Å²) in [6.45, 7) is 3.58. The van der Waals surface area contributed by atoms with Crippen molar-refractivity contribution in [3.05, 3.63) is 34.4 Å². The quantitative estimate of drug-likeness (QED) is 0.546. The van der Waals surface area contributed by atoms with Gasteiger partial charge in [0, 0.05) is 48.6 Å². The second-order valence-corrected chi connectivity index (χ2v) is 8.81. The molecular weight excluding hydrogens is 384 g/mol. The largest absolute Gasteiger partial charge is 0.748 e. The number of aromatic nitrogens is 1. The van der Waals surface area contributed by atoms with Gasteiger partial charge in [-0.3, -0.25) is 0 Å². The van der Waals surface area contributed by atoms with E-state index in [-0.39, 0.29) is 12.2 Å². The maximum absolute atomic E-state index is 10.9. The van der Waals surface area contributed by atoms with Gasteiger partial charge < -0.3 is 14.2 Å². The predicted octanol–water partition coefficient (Wildman–Crippen LogP) is 2.08.